The standard InChI is InChI=1S/C21H30O5/c1-20-8-7-14(25-11-22)9-13(20)3-4-15-16-5-6-18(24)21(16,2)10-17(19(15)20)26-12-23/h11-17,19H,3-10H2,1-2H3/t13-,14-,15+,16+,17+,19-,20+,21+/m1/s1. The summed E-state index contributed by atoms with van der Waals surface area (Å²) < 4.78 is 10.9. The third-order valence-corrected chi connectivity index (χ3v) is 8.71. The lowest BCUT2D eigenvalue weighted by Crippen LogP contribution is -2.59. The minimum absolute atomic E-state index is 0.0227. The molecule has 0 saturated heterocycles. The smallest absolute Gasteiger partial charge is 0.293 e. The van der Waals surface area contributed by atoms with Crippen LogP contribution in [0.4, 0.5) is 0 Å². The number of fused-ring (bicyclic) bond motifs is 5. The Hall–Kier alpha value is -1.39. The fourth-order valence-electron chi connectivity index (χ4n) is 7.48. The van der Waals surface area contributed by atoms with Gasteiger partial charge in [0.15, 0.2) is 0 Å². The first-order valence-electron chi connectivity index (χ1n) is 10.2. The molecule has 0 N–H and O–H groups in total. The Kier molecular flexibility index (Phi) is 4.39. The fraction of sp³-hybridized carbons (Fsp3) is 0.857. The molecule has 0 bridgehead atoms. The molecule has 8 atom stereocenters. The van der Waals surface area contributed by atoms with E-state index in [4.69, 9.17) is 9.47 Å². The van der Waals surface area contributed by atoms with Gasteiger partial charge in [-0.05, 0) is 68.1 Å². The summed E-state index contributed by atoms with van der Waals surface area (Å²) in [7, 11) is 0. The van der Waals surface area contributed by atoms with Gasteiger partial charge in [0.1, 0.15) is 18.0 Å². The van der Waals surface area contributed by atoms with Crippen LogP contribution in [0, 0.1) is 34.5 Å². The molecule has 0 unspecified atom stereocenters. The summed E-state index contributed by atoms with van der Waals surface area (Å²) >= 11 is 0. The van der Waals surface area contributed by atoms with Crippen LogP contribution in [-0.4, -0.2) is 30.9 Å². The van der Waals surface area contributed by atoms with Crippen LogP contribution in [0.1, 0.15) is 65.2 Å². The molecular formula is C21H30O5. The van der Waals surface area contributed by atoms with Gasteiger partial charge in [0.05, 0.1) is 0 Å². The van der Waals surface area contributed by atoms with Crippen molar-refractivity contribution in [3.05, 3.63) is 0 Å². The second-order valence-electron chi connectivity index (χ2n) is 9.56. The van der Waals surface area contributed by atoms with Crippen molar-refractivity contribution in [1.82, 2.24) is 0 Å². The van der Waals surface area contributed by atoms with Gasteiger partial charge in [-0.1, -0.05) is 13.8 Å². The van der Waals surface area contributed by atoms with Crippen LogP contribution < -0.4 is 0 Å². The lowest BCUT2D eigenvalue weighted by molar-refractivity contribution is -0.190. The van der Waals surface area contributed by atoms with E-state index in [1.807, 2.05) is 0 Å². The Balaban J connectivity index is 1.66. The van der Waals surface area contributed by atoms with Gasteiger partial charge in [0, 0.05) is 17.8 Å². The number of hydrogen-bond donors (Lipinski definition) is 0. The molecule has 4 aliphatic carbocycles. The van der Waals surface area contributed by atoms with Crippen LogP contribution in [0.3, 0.4) is 0 Å². The van der Waals surface area contributed by atoms with Crippen molar-refractivity contribution < 1.29 is 23.9 Å². The Morgan fingerprint density at radius 1 is 1.04 bits per heavy atom. The monoisotopic (exact) mass is 362 g/mol. The van der Waals surface area contributed by atoms with Crippen molar-refractivity contribution in [2.24, 2.45) is 34.5 Å². The summed E-state index contributed by atoms with van der Waals surface area (Å²) in [6.45, 7) is 5.62. The van der Waals surface area contributed by atoms with E-state index in [-0.39, 0.29) is 23.0 Å². The molecule has 26 heavy (non-hydrogen) atoms. The van der Waals surface area contributed by atoms with Gasteiger partial charge >= 0.3 is 0 Å². The maximum Gasteiger partial charge on any atom is 0.293 e. The molecule has 144 valence electrons. The van der Waals surface area contributed by atoms with Crippen molar-refractivity contribution in [1.29, 1.82) is 0 Å². The van der Waals surface area contributed by atoms with E-state index in [0.29, 0.717) is 55.2 Å². The molecule has 0 amide bonds. The normalized spacial score (nSPS) is 50.2. The number of hydrogen-bond acceptors (Lipinski definition) is 5. The highest BCUT2D eigenvalue weighted by atomic mass is 16.5. The van der Waals surface area contributed by atoms with Gasteiger partial charge in [0.2, 0.25) is 0 Å². The predicted octanol–water partition coefficient (Wildman–Crippen LogP) is 3.29. The predicted molar refractivity (Wildman–Crippen MR) is 94.0 cm³/mol. The zero-order chi connectivity index (χ0) is 18.5. The summed E-state index contributed by atoms with van der Waals surface area (Å²) in [4.78, 5) is 34.7. The van der Waals surface area contributed by atoms with Crippen LogP contribution in [0.5, 0.6) is 0 Å². The van der Waals surface area contributed by atoms with Gasteiger partial charge in [-0.2, -0.15) is 0 Å². The van der Waals surface area contributed by atoms with Crippen molar-refractivity contribution in [3.8, 4) is 0 Å². The van der Waals surface area contributed by atoms with E-state index in [9.17, 15) is 14.4 Å². The second-order valence-corrected chi connectivity index (χ2v) is 9.56. The van der Waals surface area contributed by atoms with Crippen LogP contribution in [0.25, 0.3) is 0 Å². The maximum absolute atomic E-state index is 12.6. The summed E-state index contributed by atoms with van der Waals surface area (Å²) in [6, 6.07) is 0. The Morgan fingerprint density at radius 3 is 2.54 bits per heavy atom. The molecule has 4 aliphatic rings. The molecule has 5 nitrogen and oxygen atoms in total. The summed E-state index contributed by atoms with van der Waals surface area (Å²) in [5.41, 5.74) is -0.234. The number of carbonyl (C=O) groups excluding carboxylic acids is 3. The minimum Gasteiger partial charge on any atom is -0.465 e. The molecule has 0 aromatic rings. The maximum atomic E-state index is 12.6. The highest BCUT2D eigenvalue weighted by molar-refractivity contribution is 5.87. The molecule has 5 heteroatoms. The van der Waals surface area contributed by atoms with Gasteiger partial charge in [-0.3, -0.25) is 14.4 Å². The Morgan fingerprint density at radius 2 is 1.81 bits per heavy atom. The average molecular weight is 362 g/mol. The average Bonchev–Trinajstić information content (AvgIpc) is 2.90. The largest absolute Gasteiger partial charge is 0.465 e. The van der Waals surface area contributed by atoms with Crippen molar-refractivity contribution >= 4 is 18.7 Å². The molecule has 0 heterocycles. The lowest BCUT2D eigenvalue weighted by Gasteiger charge is -2.61. The van der Waals surface area contributed by atoms with Crippen LogP contribution >= 0.6 is 0 Å². The van der Waals surface area contributed by atoms with E-state index in [1.54, 1.807) is 0 Å². The van der Waals surface area contributed by atoms with Gasteiger partial charge in [0.25, 0.3) is 12.9 Å². The van der Waals surface area contributed by atoms with Crippen LogP contribution in [0.2, 0.25) is 0 Å². The third kappa shape index (κ3) is 2.45. The number of ketones is 1. The van der Waals surface area contributed by atoms with Crippen molar-refractivity contribution in [2.45, 2.75) is 77.4 Å². The molecule has 0 aromatic carbocycles. The van der Waals surface area contributed by atoms with E-state index in [2.05, 4.69) is 13.8 Å². The molecule has 0 spiro atoms. The molecule has 0 aromatic heterocycles. The minimum atomic E-state index is -0.324. The van der Waals surface area contributed by atoms with Gasteiger partial charge in [-0.15, -0.1) is 0 Å². The SMILES string of the molecule is C[C@]12CC[C@@H](OC=O)C[C@H]1CC[C@@H]1[C@@H]2[C@@H](OC=O)C[C@]2(C)C(=O)CC[C@@H]12. The number of rotatable bonds is 4. The van der Waals surface area contributed by atoms with E-state index in [0.717, 1.165) is 38.5 Å². The lowest BCUT2D eigenvalue weighted by atomic mass is 9.44. The van der Waals surface area contributed by atoms with Gasteiger partial charge < -0.3 is 9.47 Å². The topological polar surface area (TPSA) is 69.7 Å². The highest BCUT2D eigenvalue weighted by Gasteiger charge is 2.64. The van der Waals surface area contributed by atoms with Crippen molar-refractivity contribution in [3.63, 3.8) is 0 Å². The number of carbonyl (C=O) groups is 3. The first-order chi connectivity index (χ1) is 12.4. The molecule has 0 aliphatic heterocycles. The first-order valence-corrected chi connectivity index (χ1v) is 10.2. The Labute approximate surface area is 155 Å². The number of Topliss-reactive ketones (excluding diaryl/α,β-unsaturated/α-hetero) is 1. The number of ether oxygens (including phenoxy) is 2. The zero-order valence-corrected chi connectivity index (χ0v) is 15.8. The Bertz CT molecular complexity index is 603. The zero-order valence-electron chi connectivity index (χ0n) is 15.8. The van der Waals surface area contributed by atoms with Gasteiger partial charge in [-0.25, -0.2) is 0 Å². The molecular weight excluding hydrogens is 332 g/mol. The fourth-order valence-corrected chi connectivity index (χ4v) is 7.48. The molecule has 4 fully saturated rings. The van der Waals surface area contributed by atoms with Crippen molar-refractivity contribution in [2.75, 3.05) is 0 Å². The summed E-state index contributed by atoms with van der Waals surface area (Å²) in [6.07, 6.45) is 7.18. The van der Waals surface area contributed by atoms with E-state index < -0.39 is 0 Å². The first kappa shape index (κ1) is 18.0. The molecule has 0 radical (unpaired) electrons. The summed E-state index contributed by atoms with van der Waals surface area (Å²) in [5, 5.41) is 0. The van der Waals surface area contributed by atoms with Crippen LogP contribution in [0.15, 0.2) is 0 Å². The second kappa shape index (κ2) is 6.35. The van der Waals surface area contributed by atoms with Crippen LogP contribution in [-0.2, 0) is 23.9 Å². The quantitative estimate of drug-likeness (QED) is 0.718. The molecule has 4 rings (SSSR count). The van der Waals surface area contributed by atoms with E-state index in [1.165, 1.54) is 0 Å². The van der Waals surface area contributed by atoms with E-state index >= 15 is 0 Å². The third-order valence-electron chi connectivity index (χ3n) is 8.71. The summed E-state index contributed by atoms with van der Waals surface area (Å²) in [5.74, 6) is 2.04. The highest BCUT2D eigenvalue weighted by Crippen LogP contribution is 2.66. The molecule has 4 saturated carbocycles.